The first-order chi connectivity index (χ1) is 12.7. The molecule has 0 saturated carbocycles. The summed E-state index contributed by atoms with van der Waals surface area (Å²) in [6.07, 6.45) is -2.99. The molecule has 0 heterocycles. The number of carbonyl (C=O) groups excluding carboxylic acids is 2. The number of ether oxygens (including phenoxy) is 1. The number of allylic oxidation sites excluding steroid dienone is 1. The molecule has 1 atom stereocenters. The van der Waals surface area contributed by atoms with Crippen molar-refractivity contribution in [2.24, 2.45) is 5.92 Å². The summed E-state index contributed by atoms with van der Waals surface area (Å²) in [5.74, 6) is -2.35. The number of Topliss-reactive ketones (excluding diaryl/α,β-unsaturated/α-hetero) is 2. The van der Waals surface area contributed by atoms with E-state index < -0.39 is 18.2 Å². The zero-order chi connectivity index (χ0) is 19.8. The molecular formula is C21H17F3O3. The Hall–Kier alpha value is -2.89. The van der Waals surface area contributed by atoms with Crippen LogP contribution in [0.4, 0.5) is 13.2 Å². The molecule has 0 bridgehead atoms. The lowest BCUT2D eigenvalue weighted by Crippen LogP contribution is -2.27. The second-order valence-corrected chi connectivity index (χ2v) is 6.48. The summed E-state index contributed by atoms with van der Waals surface area (Å²) < 4.78 is 41.7. The predicted molar refractivity (Wildman–Crippen MR) is 95.0 cm³/mol. The fourth-order valence-electron chi connectivity index (χ4n) is 3.60. The van der Waals surface area contributed by atoms with Gasteiger partial charge in [-0.3, -0.25) is 9.59 Å². The van der Waals surface area contributed by atoms with Gasteiger partial charge >= 0.3 is 6.36 Å². The minimum absolute atomic E-state index is 0.280. The Morgan fingerprint density at radius 3 is 2.30 bits per heavy atom. The van der Waals surface area contributed by atoms with Crippen LogP contribution in [0.3, 0.4) is 0 Å². The predicted octanol–water partition coefficient (Wildman–Crippen LogP) is 5.02. The lowest BCUT2D eigenvalue weighted by molar-refractivity contribution is -0.274. The molecule has 2 aromatic carbocycles. The van der Waals surface area contributed by atoms with E-state index in [0.29, 0.717) is 11.1 Å². The molecule has 0 saturated heterocycles. The molecule has 1 aliphatic rings. The molecule has 0 aliphatic heterocycles. The highest BCUT2D eigenvalue weighted by atomic mass is 19.4. The van der Waals surface area contributed by atoms with Gasteiger partial charge in [-0.25, -0.2) is 0 Å². The molecule has 0 N–H and O–H groups in total. The molecule has 3 rings (SSSR count). The van der Waals surface area contributed by atoms with E-state index >= 15 is 0 Å². The highest BCUT2D eigenvalue weighted by Crippen LogP contribution is 2.47. The Kier molecular flexibility index (Phi) is 4.91. The minimum Gasteiger partial charge on any atom is -0.406 e. The van der Waals surface area contributed by atoms with Gasteiger partial charge < -0.3 is 4.74 Å². The van der Waals surface area contributed by atoms with E-state index in [1.54, 1.807) is 6.07 Å². The monoisotopic (exact) mass is 374 g/mol. The van der Waals surface area contributed by atoms with Gasteiger partial charge in [0.25, 0.3) is 0 Å². The smallest absolute Gasteiger partial charge is 0.406 e. The number of hydrogen-bond acceptors (Lipinski definition) is 3. The summed E-state index contributed by atoms with van der Waals surface area (Å²) in [5.41, 5.74) is 2.75. The molecular weight excluding hydrogens is 357 g/mol. The second kappa shape index (κ2) is 7.02. The molecule has 1 aliphatic carbocycles. The summed E-state index contributed by atoms with van der Waals surface area (Å²) in [6.45, 7) is 2.71. The van der Waals surface area contributed by atoms with Crippen LogP contribution >= 0.6 is 0 Å². The van der Waals surface area contributed by atoms with Crippen molar-refractivity contribution in [3.05, 3.63) is 65.2 Å². The van der Waals surface area contributed by atoms with Crippen LogP contribution in [0.2, 0.25) is 0 Å². The van der Waals surface area contributed by atoms with Crippen LogP contribution in [0.1, 0.15) is 36.5 Å². The first-order valence-corrected chi connectivity index (χ1v) is 8.35. The Balaban J connectivity index is 2.10. The lowest BCUT2D eigenvalue weighted by atomic mass is 9.77. The van der Waals surface area contributed by atoms with E-state index in [-0.39, 0.29) is 17.3 Å². The van der Waals surface area contributed by atoms with Gasteiger partial charge in [-0.05, 0) is 48.2 Å². The Bertz CT molecular complexity index is 914. The van der Waals surface area contributed by atoms with Gasteiger partial charge in [0.2, 0.25) is 0 Å². The fraction of sp³-hybridized carbons (Fsp3) is 0.238. The molecule has 0 radical (unpaired) electrons. The molecule has 0 fully saturated rings. The number of ketones is 2. The molecule has 2 aromatic rings. The van der Waals surface area contributed by atoms with Crippen molar-refractivity contribution in [2.45, 2.75) is 26.1 Å². The van der Waals surface area contributed by atoms with E-state index in [9.17, 15) is 22.8 Å². The van der Waals surface area contributed by atoms with Gasteiger partial charge in [0.05, 0.1) is 5.92 Å². The van der Waals surface area contributed by atoms with E-state index in [4.69, 9.17) is 0 Å². The molecule has 3 nitrogen and oxygen atoms in total. The van der Waals surface area contributed by atoms with Crippen LogP contribution in [0.25, 0.3) is 11.6 Å². The average Bonchev–Trinajstić information content (AvgIpc) is 2.92. The maximum absolute atomic E-state index is 12.6. The largest absolute Gasteiger partial charge is 0.573 e. The Morgan fingerprint density at radius 1 is 1.00 bits per heavy atom. The van der Waals surface area contributed by atoms with Crippen LogP contribution < -0.4 is 4.74 Å². The zero-order valence-corrected chi connectivity index (χ0v) is 14.7. The Morgan fingerprint density at radius 2 is 1.67 bits per heavy atom. The van der Waals surface area contributed by atoms with E-state index in [0.717, 1.165) is 11.1 Å². The van der Waals surface area contributed by atoms with Crippen molar-refractivity contribution >= 4 is 23.2 Å². The van der Waals surface area contributed by atoms with Gasteiger partial charge in [0.1, 0.15) is 17.3 Å². The highest BCUT2D eigenvalue weighted by molar-refractivity contribution is 6.06. The third-order valence-corrected chi connectivity index (χ3v) is 4.59. The molecule has 27 heavy (non-hydrogen) atoms. The first-order valence-electron chi connectivity index (χ1n) is 8.35. The number of fused-ring (bicyclic) bond motifs is 1. The quantitative estimate of drug-likeness (QED) is 0.691. The maximum Gasteiger partial charge on any atom is 0.573 e. The van der Waals surface area contributed by atoms with Crippen LogP contribution in [0, 0.1) is 5.92 Å². The molecule has 140 valence electrons. The minimum atomic E-state index is -4.80. The first kappa shape index (κ1) is 18.9. The summed E-state index contributed by atoms with van der Waals surface area (Å²) in [7, 11) is 0. The van der Waals surface area contributed by atoms with Crippen molar-refractivity contribution in [1.82, 2.24) is 0 Å². The number of halogens is 3. The summed E-state index contributed by atoms with van der Waals surface area (Å²) in [5, 5.41) is 0. The SMILES string of the molecule is CC(=O)C(C(C)=O)C1C(c2cccc(OC(F)(F)F)c2)=Cc2ccccc21. The topological polar surface area (TPSA) is 43.4 Å². The van der Waals surface area contributed by atoms with Gasteiger partial charge in [-0.15, -0.1) is 13.2 Å². The van der Waals surface area contributed by atoms with Crippen molar-refractivity contribution in [2.75, 3.05) is 0 Å². The standard InChI is InChI=1S/C21H17F3O3/c1-12(25)19(13(2)26)20-17-9-4-3-6-15(17)11-18(20)14-7-5-8-16(10-14)27-21(22,23)24/h3-11,19-20H,1-2H3. The number of alkyl halides is 3. The van der Waals surface area contributed by atoms with E-state index in [2.05, 4.69) is 4.74 Å². The molecule has 0 spiro atoms. The van der Waals surface area contributed by atoms with Gasteiger partial charge in [-0.2, -0.15) is 0 Å². The second-order valence-electron chi connectivity index (χ2n) is 6.48. The molecule has 0 aromatic heterocycles. The number of benzene rings is 2. The average molecular weight is 374 g/mol. The number of hydrogen-bond donors (Lipinski definition) is 0. The van der Waals surface area contributed by atoms with Crippen molar-refractivity contribution in [3.8, 4) is 5.75 Å². The fourth-order valence-corrected chi connectivity index (χ4v) is 3.60. The van der Waals surface area contributed by atoms with Crippen LogP contribution in [-0.4, -0.2) is 17.9 Å². The van der Waals surface area contributed by atoms with Crippen molar-refractivity contribution < 1.29 is 27.5 Å². The van der Waals surface area contributed by atoms with Gasteiger partial charge in [0.15, 0.2) is 0 Å². The number of carbonyl (C=O) groups is 2. The maximum atomic E-state index is 12.6. The lowest BCUT2D eigenvalue weighted by Gasteiger charge is -2.24. The molecule has 1 unspecified atom stereocenters. The normalized spacial score (nSPS) is 16.1. The van der Waals surface area contributed by atoms with E-state index in [1.807, 2.05) is 30.3 Å². The van der Waals surface area contributed by atoms with Gasteiger partial charge in [0, 0.05) is 5.92 Å². The van der Waals surface area contributed by atoms with E-state index in [1.165, 1.54) is 32.0 Å². The molecule has 6 heteroatoms. The van der Waals surface area contributed by atoms with Crippen molar-refractivity contribution in [3.63, 3.8) is 0 Å². The summed E-state index contributed by atoms with van der Waals surface area (Å²) in [6, 6.07) is 12.9. The third kappa shape index (κ3) is 3.94. The van der Waals surface area contributed by atoms with Crippen LogP contribution in [-0.2, 0) is 9.59 Å². The number of rotatable bonds is 5. The van der Waals surface area contributed by atoms with Crippen molar-refractivity contribution in [1.29, 1.82) is 0 Å². The summed E-state index contributed by atoms with van der Waals surface area (Å²) >= 11 is 0. The molecule has 0 amide bonds. The zero-order valence-electron chi connectivity index (χ0n) is 14.7. The highest BCUT2D eigenvalue weighted by Gasteiger charge is 2.38. The van der Waals surface area contributed by atoms with Gasteiger partial charge in [-0.1, -0.05) is 42.5 Å². The van der Waals surface area contributed by atoms with Crippen LogP contribution in [0.5, 0.6) is 5.75 Å². The Labute approximate surface area is 154 Å². The van der Waals surface area contributed by atoms with Crippen LogP contribution in [0.15, 0.2) is 48.5 Å². The summed E-state index contributed by atoms with van der Waals surface area (Å²) in [4.78, 5) is 24.4. The third-order valence-electron chi connectivity index (χ3n) is 4.59.